The van der Waals surface area contributed by atoms with Gasteiger partial charge in [0, 0.05) is 5.56 Å². The molecule has 0 spiro atoms. The molecule has 0 radical (unpaired) electrons. The lowest BCUT2D eigenvalue weighted by molar-refractivity contribution is 0.396. The van der Waals surface area contributed by atoms with Crippen LogP contribution in [0.3, 0.4) is 0 Å². The van der Waals surface area contributed by atoms with Crippen LogP contribution in [0.4, 0.5) is 0 Å². The van der Waals surface area contributed by atoms with E-state index in [1.165, 1.54) is 0 Å². The molecule has 0 saturated carbocycles. The van der Waals surface area contributed by atoms with Crippen molar-refractivity contribution in [2.24, 2.45) is 0 Å². The van der Waals surface area contributed by atoms with Crippen molar-refractivity contribution in [2.75, 3.05) is 7.11 Å². The zero-order valence-corrected chi connectivity index (χ0v) is 14.6. The highest BCUT2D eigenvalue weighted by Crippen LogP contribution is 2.16. The molecule has 0 saturated heterocycles. The van der Waals surface area contributed by atoms with Gasteiger partial charge in [0.25, 0.3) is 0 Å². The molecule has 4 rings (SSSR count). The van der Waals surface area contributed by atoms with E-state index in [0.29, 0.717) is 27.4 Å². The first-order valence-electron chi connectivity index (χ1n) is 8.25. The van der Waals surface area contributed by atoms with Gasteiger partial charge in [0.2, 0.25) is 5.55 Å². The number of hydrogen-bond donors (Lipinski definition) is 1. The molecule has 0 aliphatic carbocycles. The van der Waals surface area contributed by atoms with Crippen LogP contribution in [0.25, 0.3) is 23.9 Å². The Morgan fingerprint density at radius 1 is 1.15 bits per heavy atom. The summed E-state index contributed by atoms with van der Waals surface area (Å²) < 4.78 is 15.9. The van der Waals surface area contributed by atoms with Crippen molar-refractivity contribution >= 4 is 12.7 Å². The zero-order chi connectivity index (χ0) is 18.8. The highest BCUT2D eigenvalue weighted by molar-refractivity contribution is 5.58. The first-order valence-corrected chi connectivity index (χ1v) is 8.25. The third-order valence-electron chi connectivity index (χ3n) is 4.10. The summed E-state index contributed by atoms with van der Waals surface area (Å²) >= 11 is 0. The smallest absolute Gasteiger partial charge is 0.361 e. The number of aromatic amines is 1. The quantitative estimate of drug-likeness (QED) is 0.605. The predicted octanol–water partition coefficient (Wildman–Crippen LogP) is 2.16. The summed E-state index contributed by atoms with van der Waals surface area (Å²) in [6, 6.07) is 16.8. The number of methoxy groups -OCH3 is 1. The Kier molecular flexibility index (Phi) is 4.22. The number of rotatable bonds is 3. The molecule has 0 unspecified atom stereocenters. The number of H-pyrrole nitrogens is 1. The number of hydrogen-bond acceptors (Lipinski definition) is 5. The van der Waals surface area contributed by atoms with E-state index in [4.69, 9.17) is 13.7 Å². The van der Waals surface area contributed by atoms with Gasteiger partial charge in [-0.2, -0.15) is 0 Å². The molecule has 6 nitrogen and oxygen atoms in total. The first kappa shape index (κ1) is 16.7. The van der Waals surface area contributed by atoms with Crippen LogP contribution in [0.5, 0.6) is 5.75 Å². The van der Waals surface area contributed by atoms with Crippen LogP contribution in [-0.2, 0) is 0 Å². The summed E-state index contributed by atoms with van der Waals surface area (Å²) in [5.41, 5.74) is 2.26. The number of nitrogens with one attached hydrogen (secondary N) is 1. The lowest BCUT2D eigenvalue weighted by Gasteiger charge is -1.98. The summed E-state index contributed by atoms with van der Waals surface area (Å²) in [6.45, 7) is 3.85. The Morgan fingerprint density at radius 2 is 1.96 bits per heavy atom. The maximum absolute atomic E-state index is 12.3. The van der Waals surface area contributed by atoms with Crippen LogP contribution >= 0.6 is 0 Å². The highest BCUT2D eigenvalue weighted by atomic mass is 16.5. The normalized spacial score (nSPS) is 13.0. The number of benzene rings is 2. The molecule has 134 valence electrons. The van der Waals surface area contributed by atoms with Crippen molar-refractivity contribution in [1.82, 2.24) is 10.1 Å². The predicted molar refractivity (Wildman–Crippen MR) is 100 cm³/mol. The van der Waals surface area contributed by atoms with Crippen LogP contribution < -0.4 is 21.1 Å². The summed E-state index contributed by atoms with van der Waals surface area (Å²) in [4.78, 5) is 15.3. The number of ether oxygens (including phenoxy) is 1. The maximum Gasteiger partial charge on any atom is 0.361 e. The average Bonchev–Trinajstić information content (AvgIpc) is 3.25. The zero-order valence-electron chi connectivity index (χ0n) is 14.6. The van der Waals surface area contributed by atoms with Gasteiger partial charge in [-0.05, 0) is 23.8 Å². The molecular weight excluding hydrogens is 344 g/mol. The van der Waals surface area contributed by atoms with Gasteiger partial charge < -0.3 is 18.7 Å². The largest absolute Gasteiger partial charge is 0.497 e. The van der Waals surface area contributed by atoms with Crippen LogP contribution in [0, 0.1) is 10.8 Å². The van der Waals surface area contributed by atoms with E-state index in [1.807, 2.05) is 54.6 Å². The van der Waals surface area contributed by atoms with Crippen LogP contribution in [0.1, 0.15) is 5.56 Å². The van der Waals surface area contributed by atoms with Gasteiger partial charge >= 0.3 is 5.63 Å². The molecule has 1 N–H and O–H groups in total. The molecule has 27 heavy (non-hydrogen) atoms. The molecule has 0 bridgehead atoms. The Hall–Kier alpha value is -3.80. The van der Waals surface area contributed by atoms with Gasteiger partial charge in [0.15, 0.2) is 5.42 Å². The van der Waals surface area contributed by atoms with E-state index in [0.717, 1.165) is 11.1 Å². The first-order chi connectivity index (χ1) is 13.2. The fourth-order valence-electron chi connectivity index (χ4n) is 2.80. The van der Waals surface area contributed by atoms with Gasteiger partial charge in [0.1, 0.15) is 22.0 Å². The third-order valence-corrected chi connectivity index (χ3v) is 4.10. The van der Waals surface area contributed by atoms with Crippen molar-refractivity contribution in [1.29, 1.82) is 0 Å². The molecule has 0 atom stereocenters. The fraction of sp³-hybridized carbons (Fsp3) is 0.0476. The van der Waals surface area contributed by atoms with E-state index in [1.54, 1.807) is 13.2 Å². The van der Waals surface area contributed by atoms with E-state index in [2.05, 4.69) is 16.7 Å². The lowest BCUT2D eigenvalue weighted by atomic mass is 10.1. The van der Waals surface area contributed by atoms with Crippen molar-refractivity contribution in [3.05, 3.63) is 92.1 Å². The Balaban J connectivity index is 1.97. The molecular formula is C21H16N2O4. The monoisotopic (exact) mass is 360 g/mol. The van der Waals surface area contributed by atoms with Gasteiger partial charge in [-0.15, -0.1) is 0 Å². The molecule has 2 heterocycles. The standard InChI is InChI=1S/C21H16N2O4/c1-13-18(19(23-27-13)15-8-4-3-5-9-15)20-22-17(21(24)26-20)12-14-7-6-10-16(11-14)25-2/h3-12,22H,1H2,2H3/b17-12-,20-18?. The van der Waals surface area contributed by atoms with Crippen LogP contribution in [-0.4, -0.2) is 17.3 Å². The second-order valence-electron chi connectivity index (χ2n) is 5.87. The van der Waals surface area contributed by atoms with Crippen LogP contribution in [0.15, 0.2) is 68.3 Å². The maximum atomic E-state index is 12.3. The third kappa shape index (κ3) is 3.20. The number of oxazole rings is 1. The van der Waals surface area contributed by atoms with Gasteiger partial charge in [-0.1, -0.05) is 54.2 Å². The molecule has 2 aromatic carbocycles. The van der Waals surface area contributed by atoms with E-state index in [9.17, 15) is 4.79 Å². The van der Waals surface area contributed by atoms with Crippen molar-refractivity contribution in [3.63, 3.8) is 0 Å². The van der Waals surface area contributed by atoms with Gasteiger partial charge in [-0.3, -0.25) is 0 Å². The fourth-order valence-corrected chi connectivity index (χ4v) is 2.80. The summed E-state index contributed by atoms with van der Waals surface area (Å²) in [6.07, 6.45) is 1.69. The minimum Gasteiger partial charge on any atom is -0.497 e. The molecule has 0 aliphatic heterocycles. The second-order valence-corrected chi connectivity index (χ2v) is 5.87. The van der Waals surface area contributed by atoms with E-state index < -0.39 is 5.63 Å². The molecule has 2 aromatic heterocycles. The molecule has 0 fully saturated rings. The Morgan fingerprint density at radius 3 is 2.74 bits per heavy atom. The SMILES string of the molecule is C=c1onc(-c2ccccc2)c1=c1[nH]/c(=C\c2cccc(OC)c2)c(=O)o1. The highest BCUT2D eigenvalue weighted by Gasteiger charge is 2.09. The van der Waals surface area contributed by atoms with E-state index in [-0.39, 0.29) is 5.55 Å². The number of aromatic nitrogens is 2. The van der Waals surface area contributed by atoms with Crippen molar-refractivity contribution in [2.45, 2.75) is 0 Å². The molecule has 6 heteroatoms. The minimum atomic E-state index is -0.493. The molecule has 4 aromatic rings. The van der Waals surface area contributed by atoms with Crippen molar-refractivity contribution in [3.8, 4) is 17.0 Å². The topological polar surface area (TPSA) is 81.3 Å². The van der Waals surface area contributed by atoms with Gasteiger partial charge in [-0.25, -0.2) is 4.79 Å². The second kappa shape index (κ2) is 6.84. The van der Waals surface area contributed by atoms with Gasteiger partial charge in [0.05, 0.1) is 7.11 Å². The summed E-state index contributed by atoms with van der Waals surface area (Å²) in [7, 11) is 1.59. The van der Waals surface area contributed by atoms with E-state index >= 15 is 0 Å². The summed E-state index contributed by atoms with van der Waals surface area (Å²) in [5, 5.41) is 4.88. The number of nitrogens with zero attached hydrogens (tertiary/aromatic N) is 1. The Bertz CT molecular complexity index is 1350. The van der Waals surface area contributed by atoms with Crippen LogP contribution in [0.2, 0.25) is 0 Å². The summed E-state index contributed by atoms with van der Waals surface area (Å²) in [5.74, 6) is 0.699. The lowest BCUT2D eigenvalue weighted by Crippen LogP contribution is -2.20. The average molecular weight is 360 g/mol. The van der Waals surface area contributed by atoms with Crippen molar-refractivity contribution < 1.29 is 13.7 Å². The molecule has 0 amide bonds. The minimum absolute atomic E-state index is 0.249. The molecule has 0 aliphatic rings. The Labute approximate surface area is 153 Å².